The second-order valence-electron chi connectivity index (χ2n) is 5.90. The third-order valence-corrected chi connectivity index (χ3v) is 4.30. The van der Waals surface area contributed by atoms with Crippen molar-refractivity contribution >= 4 is 28.3 Å². The van der Waals surface area contributed by atoms with Crippen LogP contribution in [0.25, 0.3) is 10.8 Å². The highest BCUT2D eigenvalue weighted by Gasteiger charge is 2.15. The van der Waals surface area contributed by atoms with E-state index in [9.17, 15) is 4.79 Å². The van der Waals surface area contributed by atoms with Crippen molar-refractivity contribution in [3.63, 3.8) is 0 Å². The van der Waals surface area contributed by atoms with Crippen LogP contribution in [0.2, 0.25) is 5.02 Å². The van der Waals surface area contributed by atoms with E-state index in [4.69, 9.17) is 16.3 Å². The zero-order valence-electron chi connectivity index (χ0n) is 14.0. The molecular formula is C21H20ClNO2. The summed E-state index contributed by atoms with van der Waals surface area (Å²) in [6.45, 7) is 2.32. The fraction of sp³-hybridized carbons (Fsp3) is 0.190. The maximum Gasteiger partial charge on any atom is 0.260 e. The SMILES string of the molecule is C[C@H](Oc1cccc2ccccc12)C(=O)NCCc1ccc(Cl)cc1. The second kappa shape index (κ2) is 8.04. The first-order valence-electron chi connectivity index (χ1n) is 8.30. The first-order valence-corrected chi connectivity index (χ1v) is 8.68. The van der Waals surface area contributed by atoms with E-state index in [1.54, 1.807) is 6.92 Å². The van der Waals surface area contributed by atoms with Crippen molar-refractivity contribution in [3.05, 3.63) is 77.3 Å². The summed E-state index contributed by atoms with van der Waals surface area (Å²) in [6, 6.07) is 21.5. The van der Waals surface area contributed by atoms with Crippen LogP contribution in [0.4, 0.5) is 0 Å². The number of amides is 1. The van der Waals surface area contributed by atoms with Crippen LogP contribution in [-0.2, 0) is 11.2 Å². The predicted octanol–water partition coefficient (Wildman–Crippen LogP) is 4.62. The molecule has 0 aromatic heterocycles. The van der Waals surface area contributed by atoms with Gasteiger partial charge in [-0.2, -0.15) is 0 Å². The first-order chi connectivity index (χ1) is 12.1. The Morgan fingerprint density at radius 2 is 1.76 bits per heavy atom. The van der Waals surface area contributed by atoms with E-state index in [1.165, 1.54) is 0 Å². The molecule has 1 amide bonds. The highest BCUT2D eigenvalue weighted by atomic mass is 35.5. The number of nitrogens with one attached hydrogen (secondary N) is 1. The van der Waals surface area contributed by atoms with Crippen molar-refractivity contribution in [1.29, 1.82) is 0 Å². The lowest BCUT2D eigenvalue weighted by molar-refractivity contribution is -0.127. The molecule has 0 fully saturated rings. The number of halogens is 1. The minimum absolute atomic E-state index is 0.123. The summed E-state index contributed by atoms with van der Waals surface area (Å²) in [5.41, 5.74) is 1.13. The molecule has 0 heterocycles. The lowest BCUT2D eigenvalue weighted by atomic mass is 10.1. The Morgan fingerprint density at radius 1 is 1.04 bits per heavy atom. The minimum atomic E-state index is -0.559. The van der Waals surface area contributed by atoms with Crippen LogP contribution in [0.15, 0.2) is 66.7 Å². The van der Waals surface area contributed by atoms with Crippen molar-refractivity contribution in [3.8, 4) is 5.75 Å². The van der Waals surface area contributed by atoms with Crippen LogP contribution >= 0.6 is 11.6 Å². The Labute approximate surface area is 152 Å². The summed E-state index contributed by atoms with van der Waals surface area (Å²) in [7, 11) is 0. The average Bonchev–Trinajstić information content (AvgIpc) is 2.63. The van der Waals surface area contributed by atoms with Gasteiger partial charge >= 0.3 is 0 Å². The molecule has 0 aliphatic carbocycles. The fourth-order valence-electron chi connectivity index (χ4n) is 2.67. The Balaban J connectivity index is 1.56. The molecule has 0 aliphatic rings. The normalized spacial score (nSPS) is 11.9. The van der Waals surface area contributed by atoms with Crippen LogP contribution in [0.1, 0.15) is 12.5 Å². The molecule has 0 aliphatic heterocycles. The van der Waals surface area contributed by atoms with Gasteiger partial charge in [-0.1, -0.05) is 60.1 Å². The smallest absolute Gasteiger partial charge is 0.260 e. The number of fused-ring (bicyclic) bond motifs is 1. The monoisotopic (exact) mass is 353 g/mol. The summed E-state index contributed by atoms with van der Waals surface area (Å²) >= 11 is 5.87. The molecule has 3 nitrogen and oxygen atoms in total. The maximum atomic E-state index is 12.3. The van der Waals surface area contributed by atoms with Gasteiger partial charge in [0.1, 0.15) is 5.75 Å². The topological polar surface area (TPSA) is 38.3 Å². The van der Waals surface area contributed by atoms with Gasteiger partial charge in [-0.3, -0.25) is 4.79 Å². The van der Waals surface area contributed by atoms with Crippen molar-refractivity contribution in [2.75, 3.05) is 6.54 Å². The summed E-state index contributed by atoms with van der Waals surface area (Å²) in [5, 5.41) is 5.73. The number of hydrogen-bond acceptors (Lipinski definition) is 2. The van der Waals surface area contributed by atoms with E-state index in [-0.39, 0.29) is 5.91 Å². The number of ether oxygens (including phenoxy) is 1. The molecule has 4 heteroatoms. The van der Waals surface area contributed by atoms with Crippen LogP contribution in [0, 0.1) is 0 Å². The predicted molar refractivity (Wildman–Crippen MR) is 102 cm³/mol. The van der Waals surface area contributed by atoms with Gasteiger partial charge in [0.25, 0.3) is 5.91 Å². The van der Waals surface area contributed by atoms with Crippen LogP contribution < -0.4 is 10.1 Å². The van der Waals surface area contributed by atoms with Crippen molar-refractivity contribution < 1.29 is 9.53 Å². The average molecular weight is 354 g/mol. The molecule has 0 unspecified atom stereocenters. The zero-order chi connectivity index (χ0) is 17.6. The number of carbonyl (C=O) groups excluding carboxylic acids is 1. The third-order valence-electron chi connectivity index (χ3n) is 4.05. The molecule has 0 saturated heterocycles. The molecule has 0 spiro atoms. The van der Waals surface area contributed by atoms with Crippen molar-refractivity contribution in [1.82, 2.24) is 5.32 Å². The molecule has 0 saturated carbocycles. The molecule has 25 heavy (non-hydrogen) atoms. The molecule has 3 rings (SSSR count). The maximum absolute atomic E-state index is 12.3. The van der Waals surface area contributed by atoms with E-state index >= 15 is 0 Å². The summed E-state index contributed by atoms with van der Waals surface area (Å²) in [5.74, 6) is 0.598. The van der Waals surface area contributed by atoms with Gasteiger partial charge in [0.15, 0.2) is 6.10 Å². The Morgan fingerprint density at radius 3 is 2.56 bits per heavy atom. The largest absolute Gasteiger partial charge is 0.480 e. The third kappa shape index (κ3) is 4.52. The second-order valence-corrected chi connectivity index (χ2v) is 6.34. The first kappa shape index (κ1) is 17.3. The number of hydrogen-bond donors (Lipinski definition) is 1. The Hall–Kier alpha value is -2.52. The summed E-state index contributed by atoms with van der Waals surface area (Å²) in [6.07, 6.45) is 0.195. The highest BCUT2D eigenvalue weighted by molar-refractivity contribution is 6.30. The molecule has 3 aromatic carbocycles. The van der Waals surface area contributed by atoms with Gasteiger partial charge in [-0.05, 0) is 42.5 Å². The van der Waals surface area contributed by atoms with Gasteiger partial charge in [-0.25, -0.2) is 0 Å². The molecule has 128 valence electrons. The molecule has 0 bridgehead atoms. The van der Waals surface area contributed by atoms with E-state index in [2.05, 4.69) is 5.32 Å². The summed E-state index contributed by atoms with van der Waals surface area (Å²) < 4.78 is 5.88. The van der Waals surface area contributed by atoms with E-state index < -0.39 is 6.10 Å². The molecular weight excluding hydrogens is 334 g/mol. The van der Waals surface area contributed by atoms with E-state index in [0.29, 0.717) is 11.6 Å². The molecule has 1 atom stereocenters. The van der Waals surface area contributed by atoms with Crippen molar-refractivity contribution in [2.24, 2.45) is 0 Å². The van der Waals surface area contributed by atoms with Crippen LogP contribution in [0.3, 0.4) is 0 Å². The summed E-state index contributed by atoms with van der Waals surface area (Å²) in [4.78, 5) is 12.3. The van der Waals surface area contributed by atoms with E-state index in [1.807, 2.05) is 66.7 Å². The minimum Gasteiger partial charge on any atom is -0.480 e. The number of carbonyl (C=O) groups is 1. The van der Waals surface area contributed by atoms with Crippen LogP contribution in [0.5, 0.6) is 5.75 Å². The van der Waals surface area contributed by atoms with Gasteiger partial charge in [0.05, 0.1) is 0 Å². The standard InChI is InChI=1S/C21H20ClNO2/c1-15(21(24)23-14-13-16-9-11-18(22)12-10-16)25-20-8-4-6-17-5-2-3-7-19(17)20/h2-12,15H,13-14H2,1H3,(H,23,24)/t15-/m0/s1. The molecule has 3 aromatic rings. The van der Waals surface area contributed by atoms with E-state index in [0.717, 1.165) is 28.5 Å². The number of benzene rings is 3. The fourth-order valence-corrected chi connectivity index (χ4v) is 2.79. The van der Waals surface area contributed by atoms with Crippen molar-refractivity contribution in [2.45, 2.75) is 19.4 Å². The lowest BCUT2D eigenvalue weighted by Gasteiger charge is -2.16. The number of rotatable bonds is 6. The van der Waals surface area contributed by atoms with Gasteiger partial charge in [-0.15, -0.1) is 0 Å². The quantitative estimate of drug-likeness (QED) is 0.702. The Bertz CT molecular complexity index is 856. The Kier molecular flexibility index (Phi) is 5.56. The zero-order valence-corrected chi connectivity index (χ0v) is 14.8. The lowest BCUT2D eigenvalue weighted by Crippen LogP contribution is -2.37. The molecule has 0 radical (unpaired) electrons. The van der Waals surface area contributed by atoms with Crippen LogP contribution in [-0.4, -0.2) is 18.6 Å². The van der Waals surface area contributed by atoms with Gasteiger partial charge in [0, 0.05) is 17.0 Å². The van der Waals surface area contributed by atoms with Gasteiger partial charge < -0.3 is 10.1 Å². The van der Waals surface area contributed by atoms with Gasteiger partial charge in [0.2, 0.25) is 0 Å². The molecule has 1 N–H and O–H groups in total. The highest BCUT2D eigenvalue weighted by Crippen LogP contribution is 2.26.